The Balaban J connectivity index is 2.10. The van der Waals surface area contributed by atoms with Crippen LogP contribution in [0.15, 0.2) is 47.1 Å². The Hall–Kier alpha value is -2.07. The average molecular weight is 532 g/mol. The number of aromatic nitrogens is 1. The van der Waals surface area contributed by atoms with Crippen LogP contribution < -0.4 is 22.3 Å². The number of carbonyl (C=O) groups is 2. The Morgan fingerprint density at radius 2 is 1.73 bits per heavy atom. The lowest BCUT2D eigenvalue weighted by Gasteiger charge is -2.17. The van der Waals surface area contributed by atoms with Gasteiger partial charge in [-0.3, -0.25) is 15.0 Å². The van der Waals surface area contributed by atoms with Crippen molar-refractivity contribution < 1.29 is 9.59 Å². The Morgan fingerprint density at radius 1 is 1.07 bits per heavy atom. The summed E-state index contributed by atoms with van der Waals surface area (Å²) in [5.41, 5.74) is 9.21. The van der Waals surface area contributed by atoms with Crippen LogP contribution in [0.1, 0.15) is 26.4 Å². The highest BCUT2D eigenvalue weighted by atomic mass is 79.9. The number of carbonyl (C=O) groups excluding carboxylic acids is 2. The van der Waals surface area contributed by atoms with Gasteiger partial charge in [0.15, 0.2) is 0 Å². The molecular weight excluding hydrogens is 517 g/mol. The van der Waals surface area contributed by atoms with E-state index in [2.05, 4.69) is 21.2 Å². The summed E-state index contributed by atoms with van der Waals surface area (Å²) in [5.74, 6) is 4.11. The molecular formula is C19H15BrCl3N5O2. The van der Waals surface area contributed by atoms with Crippen molar-refractivity contribution in [2.75, 3.05) is 5.32 Å². The maximum Gasteiger partial charge on any atom is 0.272 e. The number of hydrogen-bond donors (Lipinski definition) is 4. The number of benzene rings is 2. The molecule has 0 atom stereocenters. The third-order valence-electron chi connectivity index (χ3n) is 4.22. The fourth-order valence-electron chi connectivity index (χ4n) is 2.92. The van der Waals surface area contributed by atoms with Crippen LogP contribution in [0.5, 0.6) is 0 Å². The van der Waals surface area contributed by atoms with E-state index >= 15 is 0 Å². The van der Waals surface area contributed by atoms with E-state index in [0.29, 0.717) is 25.8 Å². The molecule has 0 aliphatic rings. The van der Waals surface area contributed by atoms with Crippen LogP contribution in [0.2, 0.25) is 15.1 Å². The molecule has 6 N–H and O–H groups in total. The monoisotopic (exact) mass is 529 g/mol. The third-order valence-corrected chi connectivity index (χ3v) is 5.48. The number of para-hydroxylation sites is 1. The molecule has 156 valence electrons. The summed E-state index contributed by atoms with van der Waals surface area (Å²) in [6.07, 6.45) is 1.65. The fraction of sp³-hybridized carbons (Fsp3) is 0.0526. The number of nitrogens with one attached hydrogen (secondary N) is 2. The zero-order chi connectivity index (χ0) is 22.0. The number of halogens is 4. The van der Waals surface area contributed by atoms with Gasteiger partial charge < -0.3 is 15.6 Å². The van der Waals surface area contributed by atoms with Crippen LogP contribution in [0.4, 0.5) is 5.69 Å². The summed E-state index contributed by atoms with van der Waals surface area (Å²) in [6, 6.07) is 9.56. The Labute approximate surface area is 195 Å². The van der Waals surface area contributed by atoms with E-state index in [1.54, 1.807) is 41.1 Å². The first kappa shape index (κ1) is 22.6. The summed E-state index contributed by atoms with van der Waals surface area (Å²) < 4.78 is 2.17. The van der Waals surface area contributed by atoms with E-state index in [0.717, 1.165) is 0 Å². The minimum Gasteiger partial charge on any atom is -0.326 e. The van der Waals surface area contributed by atoms with Gasteiger partial charge in [-0.15, -0.1) is 0 Å². The molecule has 7 nitrogen and oxygen atoms in total. The Morgan fingerprint density at radius 3 is 2.33 bits per heavy atom. The molecule has 2 aromatic carbocycles. The molecule has 0 fully saturated rings. The molecule has 1 aromatic heterocycles. The molecule has 2 amide bonds. The predicted molar refractivity (Wildman–Crippen MR) is 122 cm³/mol. The molecule has 1 heterocycles. The van der Waals surface area contributed by atoms with Crippen molar-refractivity contribution >= 4 is 68.2 Å². The molecule has 0 bridgehead atoms. The molecule has 0 aliphatic carbocycles. The lowest BCUT2D eigenvalue weighted by molar-refractivity contribution is 0.0954. The SMILES string of the molecule is NCc1cc(Cl)cc(C(=O)NN)c1NC(=O)c1cc(Br)cn1-c1c(Cl)cccc1Cl. The van der Waals surface area contributed by atoms with Gasteiger partial charge in [0.1, 0.15) is 5.69 Å². The van der Waals surface area contributed by atoms with Crippen molar-refractivity contribution in [1.29, 1.82) is 0 Å². The molecule has 0 spiro atoms. The highest BCUT2D eigenvalue weighted by molar-refractivity contribution is 9.10. The van der Waals surface area contributed by atoms with Crippen molar-refractivity contribution in [3.8, 4) is 5.69 Å². The highest BCUT2D eigenvalue weighted by Crippen LogP contribution is 2.32. The van der Waals surface area contributed by atoms with E-state index in [4.69, 9.17) is 46.4 Å². The number of nitrogens with zero attached hydrogens (tertiary/aromatic N) is 1. The van der Waals surface area contributed by atoms with Crippen molar-refractivity contribution in [3.63, 3.8) is 0 Å². The van der Waals surface area contributed by atoms with Gasteiger partial charge in [-0.25, -0.2) is 5.84 Å². The minimum absolute atomic E-state index is 0.0298. The molecule has 0 aliphatic heterocycles. The van der Waals surface area contributed by atoms with E-state index < -0.39 is 11.8 Å². The lowest BCUT2D eigenvalue weighted by Crippen LogP contribution is -2.31. The second-order valence-corrected chi connectivity index (χ2v) is 8.27. The van der Waals surface area contributed by atoms with Gasteiger partial charge in [0.05, 0.1) is 27.0 Å². The van der Waals surface area contributed by atoms with Gasteiger partial charge in [-0.1, -0.05) is 40.9 Å². The van der Waals surface area contributed by atoms with Gasteiger partial charge in [0, 0.05) is 22.2 Å². The Kier molecular flexibility index (Phi) is 7.07. The zero-order valence-electron chi connectivity index (χ0n) is 15.2. The van der Waals surface area contributed by atoms with Gasteiger partial charge in [-0.05, 0) is 51.8 Å². The van der Waals surface area contributed by atoms with Gasteiger partial charge >= 0.3 is 0 Å². The quantitative estimate of drug-likeness (QED) is 0.220. The molecule has 0 radical (unpaired) electrons. The number of amides is 2. The molecule has 0 saturated heterocycles. The average Bonchev–Trinajstić information content (AvgIpc) is 3.09. The first-order valence-corrected chi connectivity index (χ1v) is 10.4. The van der Waals surface area contributed by atoms with Crippen LogP contribution in [-0.4, -0.2) is 16.4 Å². The smallest absolute Gasteiger partial charge is 0.272 e. The number of anilines is 1. The highest BCUT2D eigenvalue weighted by Gasteiger charge is 2.22. The van der Waals surface area contributed by atoms with E-state index in [9.17, 15) is 9.59 Å². The number of nitrogen functional groups attached to an aromatic ring is 1. The maximum atomic E-state index is 13.2. The van der Waals surface area contributed by atoms with Crippen molar-refractivity contribution in [2.45, 2.75) is 6.54 Å². The molecule has 0 unspecified atom stereocenters. The second-order valence-electron chi connectivity index (χ2n) is 6.10. The van der Waals surface area contributed by atoms with E-state index in [-0.39, 0.29) is 28.5 Å². The normalized spacial score (nSPS) is 10.7. The first-order valence-electron chi connectivity index (χ1n) is 8.43. The number of hydrogen-bond acceptors (Lipinski definition) is 4. The summed E-state index contributed by atoms with van der Waals surface area (Å²) in [5, 5.41) is 3.72. The third kappa shape index (κ3) is 4.49. The Bertz CT molecular complexity index is 1130. The van der Waals surface area contributed by atoms with Gasteiger partial charge in [0.25, 0.3) is 11.8 Å². The number of nitrogens with two attached hydrogens (primary N) is 2. The fourth-order valence-corrected chi connectivity index (χ4v) is 4.16. The maximum absolute atomic E-state index is 13.2. The van der Waals surface area contributed by atoms with Gasteiger partial charge in [-0.2, -0.15) is 0 Å². The predicted octanol–water partition coefficient (Wildman–Crippen LogP) is 4.51. The van der Waals surface area contributed by atoms with Crippen molar-refractivity contribution in [2.24, 2.45) is 11.6 Å². The molecule has 11 heteroatoms. The second kappa shape index (κ2) is 9.38. The van der Waals surface area contributed by atoms with Crippen molar-refractivity contribution in [1.82, 2.24) is 9.99 Å². The molecule has 30 heavy (non-hydrogen) atoms. The summed E-state index contributed by atoms with van der Waals surface area (Å²) >= 11 is 22.1. The number of hydrazine groups is 1. The van der Waals surface area contributed by atoms with Crippen LogP contribution in [-0.2, 0) is 6.54 Å². The van der Waals surface area contributed by atoms with E-state index in [1.807, 2.05) is 5.43 Å². The van der Waals surface area contributed by atoms with Crippen LogP contribution in [0, 0.1) is 0 Å². The lowest BCUT2D eigenvalue weighted by atomic mass is 10.1. The van der Waals surface area contributed by atoms with Crippen LogP contribution in [0.25, 0.3) is 5.69 Å². The summed E-state index contributed by atoms with van der Waals surface area (Å²) in [4.78, 5) is 25.4. The standard InChI is InChI=1S/C19H15BrCl3N5O2/c20-10-5-15(28(8-10)17-13(22)2-1-3-14(17)23)19(30)26-16-9(7-24)4-11(21)6-12(16)18(29)27-25/h1-6,8H,7,24-25H2,(H,26,30)(H,27,29). The molecule has 3 aromatic rings. The zero-order valence-corrected chi connectivity index (χ0v) is 19.0. The molecule has 0 saturated carbocycles. The first-order chi connectivity index (χ1) is 14.3. The summed E-state index contributed by atoms with van der Waals surface area (Å²) in [7, 11) is 0. The van der Waals surface area contributed by atoms with Gasteiger partial charge in [0.2, 0.25) is 0 Å². The van der Waals surface area contributed by atoms with Crippen LogP contribution in [0.3, 0.4) is 0 Å². The summed E-state index contributed by atoms with van der Waals surface area (Å²) in [6.45, 7) is 0.0298. The van der Waals surface area contributed by atoms with E-state index in [1.165, 1.54) is 6.07 Å². The van der Waals surface area contributed by atoms with Crippen molar-refractivity contribution in [3.05, 3.63) is 79.0 Å². The minimum atomic E-state index is -0.631. The van der Waals surface area contributed by atoms with Crippen LogP contribution >= 0.6 is 50.7 Å². The number of rotatable bonds is 5. The largest absolute Gasteiger partial charge is 0.326 e. The molecule has 3 rings (SSSR count). The topological polar surface area (TPSA) is 115 Å².